The van der Waals surface area contributed by atoms with Gasteiger partial charge < -0.3 is 19.1 Å². The Bertz CT molecular complexity index is 810. The van der Waals surface area contributed by atoms with Crippen LogP contribution in [0.5, 0.6) is 11.5 Å². The quantitative estimate of drug-likeness (QED) is 0.815. The highest BCUT2D eigenvalue weighted by molar-refractivity contribution is 6.31. The van der Waals surface area contributed by atoms with Crippen molar-refractivity contribution in [2.75, 3.05) is 19.9 Å². The number of hydrogen-bond donors (Lipinski definition) is 0. The number of piperidine rings is 1. The van der Waals surface area contributed by atoms with Crippen molar-refractivity contribution in [1.82, 2.24) is 4.90 Å². The summed E-state index contributed by atoms with van der Waals surface area (Å²) >= 11 is 6.18. The molecule has 2 aromatic rings. The van der Waals surface area contributed by atoms with E-state index in [1.807, 2.05) is 29.2 Å². The van der Waals surface area contributed by atoms with E-state index in [1.54, 1.807) is 18.2 Å². The second kappa shape index (κ2) is 7.56. The van der Waals surface area contributed by atoms with Crippen LogP contribution in [0.15, 0.2) is 42.5 Å². The largest absolute Gasteiger partial charge is 0.454 e. The second-order valence-electron chi connectivity index (χ2n) is 6.49. The molecule has 2 aliphatic rings. The van der Waals surface area contributed by atoms with Crippen molar-refractivity contribution in [3.63, 3.8) is 0 Å². The molecule has 26 heavy (non-hydrogen) atoms. The van der Waals surface area contributed by atoms with Gasteiger partial charge in [-0.2, -0.15) is 0 Å². The van der Waals surface area contributed by atoms with Crippen molar-refractivity contribution in [2.45, 2.75) is 25.6 Å². The second-order valence-corrected chi connectivity index (χ2v) is 6.89. The van der Waals surface area contributed by atoms with Gasteiger partial charge in [0.15, 0.2) is 11.5 Å². The molecule has 0 saturated carbocycles. The van der Waals surface area contributed by atoms with Gasteiger partial charge in [0.25, 0.3) is 5.91 Å². The highest BCUT2D eigenvalue weighted by Crippen LogP contribution is 2.33. The third kappa shape index (κ3) is 3.64. The highest BCUT2D eigenvalue weighted by atomic mass is 35.5. The zero-order valence-corrected chi connectivity index (χ0v) is 15.1. The fourth-order valence-corrected chi connectivity index (χ4v) is 3.48. The molecular weight excluding hydrogens is 354 g/mol. The Hall–Kier alpha value is -2.24. The molecule has 0 N–H and O–H groups in total. The van der Waals surface area contributed by atoms with Crippen molar-refractivity contribution in [1.29, 1.82) is 0 Å². The topological polar surface area (TPSA) is 48.0 Å². The van der Waals surface area contributed by atoms with E-state index >= 15 is 0 Å². The molecule has 1 unspecified atom stereocenters. The van der Waals surface area contributed by atoms with E-state index < -0.39 is 0 Å². The first-order chi connectivity index (χ1) is 12.7. The first-order valence-electron chi connectivity index (χ1n) is 8.74. The lowest BCUT2D eigenvalue weighted by atomic mass is 10.1. The van der Waals surface area contributed by atoms with E-state index in [0.717, 1.165) is 24.9 Å². The Morgan fingerprint density at radius 1 is 1.19 bits per heavy atom. The lowest BCUT2D eigenvalue weighted by molar-refractivity contribution is -0.00670. The maximum Gasteiger partial charge on any atom is 0.254 e. The van der Waals surface area contributed by atoms with Crippen molar-refractivity contribution >= 4 is 17.5 Å². The summed E-state index contributed by atoms with van der Waals surface area (Å²) in [5.74, 6) is 1.30. The number of nitrogens with zero attached hydrogens (tertiary/aromatic N) is 1. The van der Waals surface area contributed by atoms with Gasteiger partial charge in [0, 0.05) is 23.7 Å². The number of rotatable bonds is 4. The summed E-state index contributed by atoms with van der Waals surface area (Å²) in [6.45, 7) is 1.97. The molecule has 6 heteroatoms. The Balaban J connectivity index is 1.38. The summed E-state index contributed by atoms with van der Waals surface area (Å²) in [7, 11) is 0. The summed E-state index contributed by atoms with van der Waals surface area (Å²) < 4.78 is 16.7. The fraction of sp³-hybridized carbons (Fsp3) is 0.350. The van der Waals surface area contributed by atoms with Gasteiger partial charge in [0.1, 0.15) is 0 Å². The zero-order valence-electron chi connectivity index (χ0n) is 14.3. The molecule has 2 heterocycles. The minimum Gasteiger partial charge on any atom is -0.454 e. The molecule has 2 aromatic carbocycles. The summed E-state index contributed by atoms with van der Waals surface area (Å²) in [5, 5.41) is 0.705. The molecule has 1 fully saturated rings. The molecule has 1 amide bonds. The standard InChI is InChI=1S/C20H20ClNO4/c21-17-6-2-1-4-15(17)12-24-16-5-3-9-22(11-16)20(23)14-7-8-18-19(10-14)26-13-25-18/h1-2,4,6-8,10,16H,3,5,9,11-13H2. The van der Waals surface area contributed by atoms with E-state index in [-0.39, 0.29) is 18.8 Å². The van der Waals surface area contributed by atoms with E-state index in [2.05, 4.69) is 0 Å². The molecule has 0 aliphatic carbocycles. The predicted octanol–water partition coefficient (Wildman–Crippen LogP) is 3.89. The maximum atomic E-state index is 12.8. The normalized spacial score (nSPS) is 18.8. The number of halogens is 1. The Kier molecular flexibility index (Phi) is 5.00. The van der Waals surface area contributed by atoms with Crippen LogP contribution in [0.1, 0.15) is 28.8 Å². The lowest BCUT2D eigenvalue weighted by Crippen LogP contribution is -2.43. The van der Waals surface area contributed by atoms with Crippen LogP contribution in [0.2, 0.25) is 5.02 Å². The molecule has 0 spiro atoms. The number of amides is 1. The van der Waals surface area contributed by atoms with Crippen molar-refractivity contribution in [3.8, 4) is 11.5 Å². The lowest BCUT2D eigenvalue weighted by Gasteiger charge is -2.33. The number of fused-ring (bicyclic) bond motifs is 1. The number of ether oxygens (including phenoxy) is 3. The molecule has 1 atom stereocenters. The number of carbonyl (C=O) groups is 1. The molecule has 5 nitrogen and oxygen atoms in total. The third-order valence-corrected chi connectivity index (χ3v) is 5.09. The molecular formula is C20H20ClNO4. The minimum atomic E-state index is -0.00524. The predicted molar refractivity (Wildman–Crippen MR) is 97.7 cm³/mol. The molecule has 0 aromatic heterocycles. The highest BCUT2D eigenvalue weighted by Gasteiger charge is 2.26. The average molecular weight is 374 g/mol. The van der Waals surface area contributed by atoms with Gasteiger partial charge in [-0.15, -0.1) is 0 Å². The van der Waals surface area contributed by atoms with Gasteiger partial charge >= 0.3 is 0 Å². The van der Waals surface area contributed by atoms with E-state index in [1.165, 1.54) is 0 Å². The molecule has 2 aliphatic heterocycles. The molecule has 4 rings (SSSR count). The monoisotopic (exact) mass is 373 g/mol. The Morgan fingerprint density at radius 2 is 2.04 bits per heavy atom. The number of hydrogen-bond acceptors (Lipinski definition) is 4. The summed E-state index contributed by atoms with van der Waals surface area (Å²) in [4.78, 5) is 14.7. The van der Waals surface area contributed by atoms with Crippen LogP contribution in [-0.4, -0.2) is 36.8 Å². The van der Waals surface area contributed by atoms with Crippen LogP contribution < -0.4 is 9.47 Å². The summed E-state index contributed by atoms with van der Waals surface area (Å²) in [5.41, 5.74) is 1.58. The molecule has 0 radical (unpaired) electrons. The van der Waals surface area contributed by atoms with E-state index in [9.17, 15) is 4.79 Å². The van der Waals surface area contributed by atoms with Crippen molar-refractivity contribution in [3.05, 3.63) is 58.6 Å². The maximum absolute atomic E-state index is 12.8. The van der Waals surface area contributed by atoms with Crippen molar-refractivity contribution in [2.24, 2.45) is 0 Å². The first-order valence-corrected chi connectivity index (χ1v) is 9.12. The van der Waals surface area contributed by atoms with Crippen LogP contribution in [0, 0.1) is 0 Å². The number of benzene rings is 2. The van der Waals surface area contributed by atoms with E-state index in [4.69, 9.17) is 25.8 Å². The molecule has 0 bridgehead atoms. The number of carbonyl (C=O) groups excluding carboxylic acids is 1. The van der Waals surface area contributed by atoms with Gasteiger partial charge in [-0.05, 0) is 42.7 Å². The van der Waals surface area contributed by atoms with Crippen LogP contribution in [0.4, 0.5) is 0 Å². The third-order valence-electron chi connectivity index (χ3n) is 4.72. The first kappa shape index (κ1) is 17.2. The molecule has 136 valence electrons. The van der Waals surface area contributed by atoms with Crippen LogP contribution in [0.3, 0.4) is 0 Å². The van der Waals surface area contributed by atoms with Gasteiger partial charge in [0.2, 0.25) is 6.79 Å². The van der Waals surface area contributed by atoms with Crippen LogP contribution >= 0.6 is 11.6 Å². The minimum absolute atomic E-state index is 0.00524. The number of likely N-dealkylation sites (tertiary alicyclic amines) is 1. The molecule has 1 saturated heterocycles. The van der Waals surface area contributed by atoms with Crippen LogP contribution in [-0.2, 0) is 11.3 Å². The zero-order chi connectivity index (χ0) is 17.9. The summed E-state index contributed by atoms with van der Waals surface area (Å²) in [6.07, 6.45) is 1.87. The van der Waals surface area contributed by atoms with Gasteiger partial charge in [0.05, 0.1) is 12.7 Å². The van der Waals surface area contributed by atoms with Crippen molar-refractivity contribution < 1.29 is 19.0 Å². The smallest absolute Gasteiger partial charge is 0.254 e. The fourth-order valence-electron chi connectivity index (χ4n) is 3.29. The summed E-state index contributed by atoms with van der Waals surface area (Å²) in [6, 6.07) is 13.0. The van der Waals surface area contributed by atoms with Gasteiger partial charge in [-0.3, -0.25) is 4.79 Å². The van der Waals surface area contributed by atoms with Gasteiger partial charge in [-0.1, -0.05) is 29.8 Å². The van der Waals surface area contributed by atoms with Crippen LogP contribution in [0.25, 0.3) is 0 Å². The Labute approximate surface area is 157 Å². The Morgan fingerprint density at radius 3 is 2.92 bits per heavy atom. The SMILES string of the molecule is O=C(c1ccc2c(c1)OCO2)N1CCCC(OCc2ccccc2Cl)C1. The average Bonchev–Trinajstić information content (AvgIpc) is 3.15. The van der Waals surface area contributed by atoms with Gasteiger partial charge in [-0.25, -0.2) is 0 Å². The van der Waals surface area contributed by atoms with E-state index in [0.29, 0.717) is 35.2 Å².